The number of ether oxygens (including phenoxy) is 1. The maximum Gasteiger partial charge on any atom is 0.373 e. The van der Waals surface area contributed by atoms with Crippen molar-refractivity contribution in [1.29, 1.82) is 0 Å². The molecule has 4 nitrogen and oxygen atoms in total. The Balaban J connectivity index is 2.01. The smallest absolute Gasteiger partial charge is 0.373 e. The van der Waals surface area contributed by atoms with Gasteiger partial charge in [-0.3, -0.25) is 4.89 Å². The third kappa shape index (κ3) is 4.41. The summed E-state index contributed by atoms with van der Waals surface area (Å²) >= 11 is 0. The monoisotopic (exact) mass is 299 g/mol. The first-order valence-electron chi connectivity index (χ1n) is 7.09. The molecule has 0 saturated carbocycles. The molecule has 0 aromatic heterocycles. The van der Waals surface area contributed by atoms with E-state index in [2.05, 4.69) is 0 Å². The van der Waals surface area contributed by atoms with Crippen molar-refractivity contribution < 1.29 is 19.3 Å². The van der Waals surface area contributed by atoms with E-state index in [0.717, 1.165) is 11.1 Å². The summed E-state index contributed by atoms with van der Waals surface area (Å²) in [6, 6.07) is 16.9. The molecule has 0 bridgehead atoms. The van der Waals surface area contributed by atoms with E-state index in [1.165, 1.54) is 6.61 Å². The summed E-state index contributed by atoms with van der Waals surface area (Å²) in [6.45, 7) is 3.31. The fraction of sp³-hybridized carbons (Fsp3) is 0.222. The van der Waals surface area contributed by atoms with Gasteiger partial charge in [0, 0.05) is 13.5 Å². The molecule has 0 spiro atoms. The van der Waals surface area contributed by atoms with Gasteiger partial charge in [0.2, 0.25) is 0 Å². The molecule has 1 unspecified atom stereocenters. The first kappa shape index (κ1) is 16.2. The molecule has 4 heteroatoms. The Morgan fingerprint density at radius 1 is 1.09 bits per heavy atom. The third-order valence-corrected chi connectivity index (χ3v) is 3.25. The zero-order valence-corrected chi connectivity index (χ0v) is 12.7. The molecular weight excluding hydrogens is 280 g/mol. The lowest BCUT2D eigenvalue weighted by atomic mass is 10.00. The van der Waals surface area contributed by atoms with E-state index in [1.54, 1.807) is 19.2 Å². The van der Waals surface area contributed by atoms with Crippen LogP contribution in [0, 0.1) is 6.61 Å². The van der Waals surface area contributed by atoms with Crippen molar-refractivity contribution in [1.82, 2.24) is 0 Å². The van der Waals surface area contributed by atoms with Gasteiger partial charge in [0.15, 0.2) is 0 Å². The van der Waals surface area contributed by atoms with E-state index in [9.17, 15) is 4.79 Å². The molecule has 0 amide bonds. The quantitative estimate of drug-likeness (QED) is 0.440. The Bertz CT molecular complexity index is 595. The van der Waals surface area contributed by atoms with Crippen molar-refractivity contribution in [3.05, 3.63) is 66.8 Å². The maximum absolute atomic E-state index is 12.2. The van der Waals surface area contributed by atoms with E-state index in [1.807, 2.05) is 49.4 Å². The molecule has 0 aliphatic rings. The first-order valence-corrected chi connectivity index (χ1v) is 7.09. The van der Waals surface area contributed by atoms with Gasteiger partial charge in [-0.2, -0.15) is 4.89 Å². The SMILES string of the molecule is COC(C)C[CH]OOC(=O)c1ccccc1-c1ccccc1. The van der Waals surface area contributed by atoms with Crippen LogP contribution in [0.25, 0.3) is 11.1 Å². The third-order valence-electron chi connectivity index (χ3n) is 3.25. The van der Waals surface area contributed by atoms with Crippen LogP contribution in [-0.4, -0.2) is 19.2 Å². The van der Waals surface area contributed by atoms with Gasteiger partial charge >= 0.3 is 5.97 Å². The summed E-state index contributed by atoms with van der Waals surface area (Å²) in [4.78, 5) is 21.8. The summed E-state index contributed by atoms with van der Waals surface area (Å²) in [7, 11) is 1.61. The molecule has 0 heterocycles. The van der Waals surface area contributed by atoms with E-state index < -0.39 is 5.97 Å². The van der Waals surface area contributed by atoms with E-state index in [0.29, 0.717) is 12.0 Å². The number of hydrogen-bond acceptors (Lipinski definition) is 4. The van der Waals surface area contributed by atoms with Crippen LogP contribution in [-0.2, 0) is 14.5 Å². The van der Waals surface area contributed by atoms with Crippen molar-refractivity contribution in [2.45, 2.75) is 19.4 Å². The fourth-order valence-electron chi connectivity index (χ4n) is 1.92. The lowest BCUT2D eigenvalue weighted by molar-refractivity contribution is -0.215. The fourth-order valence-corrected chi connectivity index (χ4v) is 1.92. The number of benzene rings is 2. The second-order valence-electron chi connectivity index (χ2n) is 4.83. The zero-order chi connectivity index (χ0) is 15.8. The Kier molecular flexibility index (Phi) is 6.13. The van der Waals surface area contributed by atoms with Crippen LogP contribution in [0.5, 0.6) is 0 Å². The van der Waals surface area contributed by atoms with Crippen LogP contribution in [0.4, 0.5) is 0 Å². The van der Waals surface area contributed by atoms with Gasteiger partial charge in [-0.15, -0.1) is 0 Å². The molecule has 0 saturated heterocycles. The van der Waals surface area contributed by atoms with Crippen molar-refractivity contribution in [3.8, 4) is 11.1 Å². The molecule has 0 aliphatic carbocycles. The average Bonchev–Trinajstić information content (AvgIpc) is 2.59. The zero-order valence-electron chi connectivity index (χ0n) is 12.7. The van der Waals surface area contributed by atoms with Crippen LogP contribution < -0.4 is 0 Å². The molecular formula is C18H19O4. The Morgan fingerprint density at radius 2 is 1.77 bits per heavy atom. The van der Waals surface area contributed by atoms with Gasteiger partial charge in [0.25, 0.3) is 0 Å². The first-order chi connectivity index (χ1) is 10.7. The molecule has 22 heavy (non-hydrogen) atoms. The topological polar surface area (TPSA) is 44.8 Å². The van der Waals surface area contributed by atoms with E-state index in [-0.39, 0.29) is 6.10 Å². The molecule has 115 valence electrons. The van der Waals surface area contributed by atoms with Crippen LogP contribution in [0.2, 0.25) is 0 Å². The normalized spacial score (nSPS) is 11.9. The van der Waals surface area contributed by atoms with Gasteiger partial charge in [0.1, 0.15) is 6.61 Å². The molecule has 2 rings (SSSR count). The highest BCUT2D eigenvalue weighted by Crippen LogP contribution is 2.24. The molecule has 1 atom stereocenters. The minimum Gasteiger partial charge on any atom is -0.382 e. The van der Waals surface area contributed by atoms with Crippen molar-refractivity contribution in [2.24, 2.45) is 0 Å². The lowest BCUT2D eigenvalue weighted by Gasteiger charge is -2.10. The number of carbonyl (C=O) groups is 1. The van der Waals surface area contributed by atoms with Crippen LogP contribution >= 0.6 is 0 Å². The van der Waals surface area contributed by atoms with Gasteiger partial charge in [-0.25, -0.2) is 4.79 Å². The number of methoxy groups -OCH3 is 1. The van der Waals surface area contributed by atoms with Crippen LogP contribution in [0.15, 0.2) is 54.6 Å². The Morgan fingerprint density at radius 3 is 2.50 bits per heavy atom. The number of rotatable bonds is 7. The molecule has 2 aromatic rings. The van der Waals surface area contributed by atoms with Gasteiger partial charge in [0.05, 0.1) is 11.7 Å². The van der Waals surface area contributed by atoms with Crippen LogP contribution in [0.3, 0.4) is 0 Å². The highest BCUT2D eigenvalue weighted by atomic mass is 17.2. The van der Waals surface area contributed by atoms with Crippen molar-refractivity contribution >= 4 is 5.97 Å². The molecule has 0 aliphatic heterocycles. The highest BCUT2D eigenvalue weighted by molar-refractivity contribution is 5.96. The summed E-state index contributed by atoms with van der Waals surface area (Å²) in [5, 5.41) is 0. The van der Waals surface area contributed by atoms with Gasteiger partial charge < -0.3 is 4.74 Å². The summed E-state index contributed by atoms with van der Waals surface area (Å²) in [5.41, 5.74) is 2.22. The molecule has 0 N–H and O–H groups in total. The van der Waals surface area contributed by atoms with E-state index >= 15 is 0 Å². The van der Waals surface area contributed by atoms with Gasteiger partial charge in [-0.05, 0) is 24.1 Å². The standard InChI is InChI=1S/C18H19O4/c1-14(20-2)12-13-21-22-18(19)17-11-7-6-10-16(17)15-8-4-3-5-9-15/h3-11,13-14H,12H2,1-2H3. The predicted octanol–water partition coefficient (Wildman–Crippen LogP) is 4.03. The largest absolute Gasteiger partial charge is 0.382 e. The predicted molar refractivity (Wildman–Crippen MR) is 83.8 cm³/mol. The molecule has 0 fully saturated rings. The second-order valence-corrected chi connectivity index (χ2v) is 4.83. The molecule has 1 radical (unpaired) electrons. The highest BCUT2D eigenvalue weighted by Gasteiger charge is 2.14. The Labute approximate surface area is 130 Å². The minimum absolute atomic E-state index is 0.00954. The maximum atomic E-state index is 12.2. The summed E-state index contributed by atoms with van der Waals surface area (Å²) < 4.78 is 5.07. The van der Waals surface area contributed by atoms with Crippen LogP contribution in [0.1, 0.15) is 23.7 Å². The van der Waals surface area contributed by atoms with Crippen molar-refractivity contribution in [3.63, 3.8) is 0 Å². The lowest BCUT2D eigenvalue weighted by Crippen LogP contribution is -2.09. The Hall–Kier alpha value is -2.17. The second kappa shape index (κ2) is 8.32. The van der Waals surface area contributed by atoms with Gasteiger partial charge in [-0.1, -0.05) is 48.5 Å². The minimum atomic E-state index is -0.527. The van der Waals surface area contributed by atoms with Crippen molar-refractivity contribution in [2.75, 3.05) is 7.11 Å². The molecule has 2 aromatic carbocycles. The summed E-state index contributed by atoms with van der Waals surface area (Å²) in [5.74, 6) is -0.527. The number of hydrogen-bond donors (Lipinski definition) is 0. The number of carbonyl (C=O) groups excluding carboxylic acids is 1. The summed E-state index contributed by atoms with van der Waals surface area (Å²) in [6.07, 6.45) is 0.541. The average molecular weight is 299 g/mol. The van der Waals surface area contributed by atoms with E-state index in [4.69, 9.17) is 14.5 Å².